The molecule has 1 nitrogen and oxygen atoms in total. The summed E-state index contributed by atoms with van der Waals surface area (Å²) in [5.41, 5.74) is 1.66. The minimum Gasteiger partial charge on any atom is -0.388 e. The van der Waals surface area contributed by atoms with Gasteiger partial charge in [0.05, 0.1) is 0 Å². The molecule has 0 amide bonds. The van der Waals surface area contributed by atoms with E-state index in [4.69, 9.17) is 0 Å². The Labute approximate surface area is 138 Å². The molecule has 0 radical (unpaired) electrons. The number of ether oxygens (including phenoxy) is 1. The van der Waals surface area contributed by atoms with Crippen LogP contribution >= 0.6 is 15.9 Å². The van der Waals surface area contributed by atoms with Gasteiger partial charge >= 0.3 is 0 Å². The molecule has 3 rings (SSSR count). The van der Waals surface area contributed by atoms with Crippen molar-refractivity contribution in [1.82, 2.24) is 0 Å². The molecule has 1 aromatic rings. The van der Waals surface area contributed by atoms with Crippen LogP contribution < -0.4 is 0 Å². The predicted molar refractivity (Wildman–Crippen MR) is 95.8 cm³/mol. The molecule has 2 aliphatic rings. The van der Waals surface area contributed by atoms with Gasteiger partial charge in [-0.05, 0) is 36.5 Å². The van der Waals surface area contributed by atoms with Crippen molar-refractivity contribution < 1.29 is 4.74 Å². The Bertz CT molecular complexity index is 413. The molecule has 0 aromatic heterocycles. The van der Waals surface area contributed by atoms with Crippen molar-refractivity contribution in [2.75, 3.05) is 14.2 Å². The molecule has 21 heavy (non-hydrogen) atoms. The van der Waals surface area contributed by atoms with E-state index in [-0.39, 0.29) is 5.41 Å². The van der Waals surface area contributed by atoms with Gasteiger partial charge in [0.25, 0.3) is 0 Å². The molecule has 0 spiro atoms. The summed E-state index contributed by atoms with van der Waals surface area (Å²) in [7, 11) is 3.25. The zero-order chi connectivity index (χ0) is 15.7. The zero-order valence-electron chi connectivity index (χ0n) is 13.7. The van der Waals surface area contributed by atoms with E-state index in [9.17, 15) is 0 Å². The van der Waals surface area contributed by atoms with E-state index >= 15 is 0 Å². The lowest BCUT2D eigenvalue weighted by Gasteiger charge is -2.45. The Kier molecular flexibility index (Phi) is 8.28. The lowest BCUT2D eigenvalue weighted by molar-refractivity contribution is 0.209. The molecule has 0 bridgehead atoms. The zero-order valence-corrected chi connectivity index (χ0v) is 15.3. The van der Waals surface area contributed by atoms with Gasteiger partial charge in [-0.1, -0.05) is 66.7 Å². The summed E-state index contributed by atoms with van der Waals surface area (Å²) >= 11 is 3.52. The van der Waals surface area contributed by atoms with Crippen molar-refractivity contribution in [1.29, 1.82) is 0 Å². The van der Waals surface area contributed by atoms with E-state index in [1.807, 2.05) is 0 Å². The molecule has 2 saturated carbocycles. The van der Waals surface area contributed by atoms with Gasteiger partial charge < -0.3 is 4.74 Å². The van der Waals surface area contributed by atoms with Crippen molar-refractivity contribution in [3.8, 4) is 0 Å². The normalized spacial score (nSPS) is 26.0. The highest BCUT2D eigenvalue weighted by Gasteiger charge is 2.40. The summed E-state index contributed by atoms with van der Waals surface area (Å²) in [6.07, 6.45) is 10.6. The Balaban J connectivity index is 0.000000261. The highest BCUT2D eigenvalue weighted by molar-refractivity contribution is 9.10. The van der Waals surface area contributed by atoms with Gasteiger partial charge in [0.2, 0.25) is 0 Å². The first kappa shape index (κ1) is 18.4. The largest absolute Gasteiger partial charge is 0.388 e. The minimum absolute atomic E-state index is 0.253. The fraction of sp³-hybridized carbons (Fsp3) is 0.579. The van der Waals surface area contributed by atoms with Gasteiger partial charge in [0.1, 0.15) is 0 Å². The fourth-order valence-electron chi connectivity index (χ4n) is 2.75. The quantitative estimate of drug-likeness (QED) is 0.582. The minimum atomic E-state index is 0.253. The van der Waals surface area contributed by atoms with Crippen molar-refractivity contribution in [3.05, 3.63) is 47.0 Å². The monoisotopic (exact) mass is 352 g/mol. The van der Waals surface area contributed by atoms with Crippen LogP contribution in [0, 0.1) is 5.92 Å². The molecule has 0 heterocycles. The molecule has 0 unspecified atom stereocenters. The van der Waals surface area contributed by atoms with E-state index in [1.54, 1.807) is 14.2 Å². The van der Waals surface area contributed by atoms with Crippen LogP contribution in [0.5, 0.6) is 0 Å². The number of hydrogen-bond donors (Lipinski definition) is 0. The van der Waals surface area contributed by atoms with E-state index in [2.05, 4.69) is 64.5 Å². The predicted octanol–water partition coefficient (Wildman–Crippen LogP) is 6.13. The van der Waals surface area contributed by atoms with E-state index in [0.29, 0.717) is 0 Å². The number of allylic oxidation sites excluding steroid dienone is 1. The standard InChI is InChI=1S/C13H15Br.C4H8.C2H6O/c1-3-13(8-10(2)9-13)11-5-4-6-12(14)7-11;1-2-4-3-1;1-3-2/h3-7,10H,1,8-9H2,2H3;1-4H2;1-2H3. The smallest absolute Gasteiger partial charge is 0.0351 e. The lowest BCUT2D eigenvalue weighted by Crippen LogP contribution is -2.37. The Morgan fingerprint density at radius 2 is 1.71 bits per heavy atom. The van der Waals surface area contributed by atoms with Gasteiger partial charge in [-0.3, -0.25) is 0 Å². The second-order valence-electron chi connectivity index (χ2n) is 6.21. The van der Waals surface area contributed by atoms with Crippen LogP contribution in [0.15, 0.2) is 41.4 Å². The van der Waals surface area contributed by atoms with Crippen LogP contribution in [0.25, 0.3) is 0 Å². The summed E-state index contributed by atoms with van der Waals surface area (Å²) in [6.45, 7) is 6.29. The van der Waals surface area contributed by atoms with Crippen LogP contribution in [0.4, 0.5) is 0 Å². The van der Waals surface area contributed by atoms with Crippen molar-refractivity contribution in [2.24, 2.45) is 5.92 Å². The Morgan fingerprint density at radius 3 is 2.05 bits per heavy atom. The molecule has 0 atom stereocenters. The van der Waals surface area contributed by atoms with Gasteiger partial charge in [0.15, 0.2) is 0 Å². The second kappa shape index (κ2) is 9.42. The molecule has 2 aliphatic carbocycles. The van der Waals surface area contributed by atoms with Crippen LogP contribution in [-0.2, 0) is 10.2 Å². The molecular weight excluding hydrogens is 324 g/mol. The first-order valence-corrected chi connectivity index (χ1v) is 8.67. The Hall–Kier alpha value is -0.600. The number of methoxy groups -OCH3 is 1. The number of rotatable bonds is 2. The summed E-state index contributed by atoms with van der Waals surface area (Å²) < 4.78 is 5.41. The molecular formula is C19H29BrO. The fourth-order valence-corrected chi connectivity index (χ4v) is 3.15. The summed E-state index contributed by atoms with van der Waals surface area (Å²) in [5, 5.41) is 0. The third kappa shape index (κ3) is 5.60. The third-order valence-electron chi connectivity index (χ3n) is 4.22. The van der Waals surface area contributed by atoms with Gasteiger partial charge in [0, 0.05) is 24.1 Å². The second-order valence-corrected chi connectivity index (χ2v) is 7.12. The van der Waals surface area contributed by atoms with E-state index in [0.717, 1.165) is 10.4 Å². The maximum Gasteiger partial charge on any atom is 0.0351 e. The number of halogens is 1. The molecule has 2 heteroatoms. The van der Waals surface area contributed by atoms with Crippen molar-refractivity contribution in [2.45, 2.75) is 50.9 Å². The summed E-state index contributed by atoms with van der Waals surface area (Å²) in [6, 6.07) is 8.60. The van der Waals surface area contributed by atoms with Crippen LogP contribution in [0.2, 0.25) is 0 Å². The lowest BCUT2D eigenvalue weighted by atomic mass is 9.59. The van der Waals surface area contributed by atoms with Gasteiger partial charge in [-0.2, -0.15) is 0 Å². The molecule has 1 aromatic carbocycles. The van der Waals surface area contributed by atoms with Gasteiger partial charge in [-0.15, -0.1) is 6.58 Å². The SMILES string of the molecule is C1CCC1.C=CC1(c2cccc(Br)c2)CC(C)C1.COC. The van der Waals surface area contributed by atoms with Gasteiger partial charge in [-0.25, -0.2) is 0 Å². The third-order valence-corrected chi connectivity index (χ3v) is 4.71. The summed E-state index contributed by atoms with van der Waals surface area (Å²) in [4.78, 5) is 0. The summed E-state index contributed by atoms with van der Waals surface area (Å²) in [5.74, 6) is 0.840. The van der Waals surface area contributed by atoms with Crippen LogP contribution in [0.1, 0.15) is 51.0 Å². The number of benzene rings is 1. The maximum absolute atomic E-state index is 4.25. The molecule has 0 N–H and O–H groups in total. The Morgan fingerprint density at radius 1 is 1.19 bits per heavy atom. The average Bonchev–Trinajstić information content (AvgIpc) is 2.33. The molecule has 2 fully saturated rings. The first-order chi connectivity index (χ1) is 10.1. The van der Waals surface area contributed by atoms with Crippen LogP contribution in [0.3, 0.4) is 0 Å². The topological polar surface area (TPSA) is 9.23 Å². The highest BCUT2D eigenvalue weighted by Crippen LogP contribution is 2.48. The average molecular weight is 353 g/mol. The first-order valence-electron chi connectivity index (χ1n) is 7.87. The molecule has 0 aliphatic heterocycles. The van der Waals surface area contributed by atoms with E-state index < -0.39 is 0 Å². The molecule has 118 valence electrons. The van der Waals surface area contributed by atoms with Crippen molar-refractivity contribution >= 4 is 15.9 Å². The molecule has 0 saturated heterocycles. The van der Waals surface area contributed by atoms with Crippen LogP contribution in [-0.4, -0.2) is 14.2 Å². The highest BCUT2D eigenvalue weighted by atomic mass is 79.9. The number of hydrogen-bond acceptors (Lipinski definition) is 1. The van der Waals surface area contributed by atoms with E-state index in [1.165, 1.54) is 44.1 Å². The van der Waals surface area contributed by atoms with Crippen molar-refractivity contribution in [3.63, 3.8) is 0 Å². The maximum atomic E-state index is 4.25.